The molecule has 0 bridgehead atoms. The number of carbonyl (C=O) groups is 1. The first-order valence-corrected chi connectivity index (χ1v) is 13.5. The van der Waals surface area contributed by atoms with Gasteiger partial charge in [0.1, 0.15) is 6.10 Å². The molecule has 0 aromatic carbocycles. The van der Waals surface area contributed by atoms with Crippen LogP contribution in [0.2, 0.25) is 0 Å². The van der Waals surface area contributed by atoms with Gasteiger partial charge < -0.3 is 4.74 Å². The SMILES string of the molecule is CC(=O)O[C@H]1CC[C@@]2(C)C(=CCC3C2CC[C@]2(C)C([C@H](C)CCCC(C)C)CC[C@@H]32)C1. The molecule has 2 heteroatoms. The molecule has 3 fully saturated rings. The summed E-state index contributed by atoms with van der Waals surface area (Å²) in [6, 6.07) is 0. The molecule has 0 N–H and O–H groups in total. The summed E-state index contributed by atoms with van der Waals surface area (Å²) in [6.07, 6.45) is 17.2. The smallest absolute Gasteiger partial charge is 0.302 e. The van der Waals surface area contributed by atoms with E-state index in [0.29, 0.717) is 10.8 Å². The number of hydrogen-bond acceptors (Lipinski definition) is 2. The van der Waals surface area contributed by atoms with Crippen LogP contribution in [0.25, 0.3) is 0 Å². The molecule has 3 saturated carbocycles. The maximum Gasteiger partial charge on any atom is 0.302 e. The lowest BCUT2D eigenvalue weighted by atomic mass is 9.47. The molecule has 3 unspecified atom stereocenters. The van der Waals surface area contributed by atoms with Gasteiger partial charge in [-0.15, -0.1) is 0 Å². The molecular weight excluding hydrogens is 380 g/mol. The van der Waals surface area contributed by atoms with Gasteiger partial charge in [0.05, 0.1) is 0 Å². The summed E-state index contributed by atoms with van der Waals surface area (Å²) in [5, 5.41) is 0. The van der Waals surface area contributed by atoms with Crippen molar-refractivity contribution < 1.29 is 9.53 Å². The van der Waals surface area contributed by atoms with Gasteiger partial charge in [-0.05, 0) is 91.3 Å². The Morgan fingerprint density at radius 2 is 1.84 bits per heavy atom. The van der Waals surface area contributed by atoms with E-state index in [9.17, 15) is 4.79 Å². The number of carbonyl (C=O) groups excluding carboxylic acids is 1. The van der Waals surface area contributed by atoms with E-state index in [2.05, 4.69) is 40.7 Å². The Bertz CT molecular complexity index is 693. The van der Waals surface area contributed by atoms with Gasteiger partial charge in [0.25, 0.3) is 0 Å². The second kappa shape index (κ2) is 8.86. The molecule has 176 valence electrons. The zero-order valence-corrected chi connectivity index (χ0v) is 21.2. The molecule has 0 amide bonds. The van der Waals surface area contributed by atoms with E-state index in [4.69, 9.17) is 4.74 Å². The van der Waals surface area contributed by atoms with Gasteiger partial charge in [0, 0.05) is 13.3 Å². The van der Waals surface area contributed by atoms with Crippen LogP contribution in [0.15, 0.2) is 11.6 Å². The molecule has 8 atom stereocenters. The highest BCUT2D eigenvalue weighted by Gasteiger charge is 2.59. The number of esters is 1. The molecule has 0 saturated heterocycles. The minimum atomic E-state index is -0.115. The average molecular weight is 429 g/mol. The van der Waals surface area contributed by atoms with Crippen LogP contribution < -0.4 is 0 Å². The van der Waals surface area contributed by atoms with E-state index in [0.717, 1.165) is 48.3 Å². The first kappa shape index (κ1) is 23.4. The predicted molar refractivity (Wildman–Crippen MR) is 129 cm³/mol. The van der Waals surface area contributed by atoms with Gasteiger partial charge in [0.2, 0.25) is 0 Å². The maximum atomic E-state index is 11.5. The number of fused-ring (bicyclic) bond motifs is 5. The minimum Gasteiger partial charge on any atom is -0.462 e. The highest BCUT2D eigenvalue weighted by atomic mass is 16.5. The maximum absolute atomic E-state index is 11.5. The first-order valence-electron chi connectivity index (χ1n) is 13.5. The predicted octanol–water partition coefficient (Wildman–Crippen LogP) is 7.96. The summed E-state index contributed by atoms with van der Waals surface area (Å²) in [5.41, 5.74) is 2.53. The quantitative estimate of drug-likeness (QED) is 0.317. The second-order valence-corrected chi connectivity index (χ2v) is 12.8. The zero-order valence-electron chi connectivity index (χ0n) is 21.2. The summed E-state index contributed by atoms with van der Waals surface area (Å²) >= 11 is 0. The number of ether oxygens (including phenoxy) is 1. The van der Waals surface area contributed by atoms with Crippen LogP contribution in [0, 0.1) is 46.3 Å². The molecule has 0 heterocycles. The van der Waals surface area contributed by atoms with Crippen LogP contribution >= 0.6 is 0 Å². The largest absolute Gasteiger partial charge is 0.462 e. The fourth-order valence-electron chi connectivity index (χ4n) is 8.99. The van der Waals surface area contributed by atoms with E-state index < -0.39 is 0 Å². The van der Waals surface area contributed by atoms with Crippen molar-refractivity contribution in [3.8, 4) is 0 Å². The lowest BCUT2D eigenvalue weighted by molar-refractivity contribution is -0.148. The van der Waals surface area contributed by atoms with Crippen molar-refractivity contribution in [1.82, 2.24) is 0 Å². The topological polar surface area (TPSA) is 26.3 Å². The van der Waals surface area contributed by atoms with Crippen molar-refractivity contribution in [2.75, 3.05) is 0 Å². The van der Waals surface area contributed by atoms with Crippen molar-refractivity contribution in [3.05, 3.63) is 11.6 Å². The van der Waals surface area contributed by atoms with Crippen LogP contribution in [0.1, 0.15) is 112 Å². The van der Waals surface area contributed by atoms with Gasteiger partial charge in [-0.3, -0.25) is 4.79 Å². The summed E-state index contributed by atoms with van der Waals surface area (Å²) < 4.78 is 5.61. The highest BCUT2D eigenvalue weighted by Crippen LogP contribution is 2.67. The van der Waals surface area contributed by atoms with Crippen molar-refractivity contribution in [1.29, 1.82) is 0 Å². The third kappa shape index (κ3) is 4.26. The van der Waals surface area contributed by atoms with E-state index in [1.54, 1.807) is 12.5 Å². The third-order valence-electron chi connectivity index (χ3n) is 10.6. The molecule has 4 aliphatic rings. The molecule has 31 heavy (non-hydrogen) atoms. The molecule has 0 aromatic rings. The van der Waals surface area contributed by atoms with Crippen molar-refractivity contribution in [3.63, 3.8) is 0 Å². The number of allylic oxidation sites excluding steroid dienone is 1. The lowest BCUT2D eigenvalue weighted by Crippen LogP contribution is -2.51. The first-order chi connectivity index (χ1) is 14.6. The van der Waals surface area contributed by atoms with Crippen molar-refractivity contribution in [2.45, 2.75) is 118 Å². The normalized spacial score (nSPS) is 42.9. The van der Waals surface area contributed by atoms with E-state index in [1.165, 1.54) is 57.8 Å². The van der Waals surface area contributed by atoms with Gasteiger partial charge in [-0.2, -0.15) is 0 Å². The van der Waals surface area contributed by atoms with Gasteiger partial charge in [-0.1, -0.05) is 65.5 Å². The van der Waals surface area contributed by atoms with Gasteiger partial charge in [0.15, 0.2) is 0 Å². The molecule has 2 nitrogen and oxygen atoms in total. The number of hydrogen-bond donors (Lipinski definition) is 0. The van der Waals surface area contributed by atoms with Crippen LogP contribution in [-0.2, 0) is 9.53 Å². The van der Waals surface area contributed by atoms with Crippen molar-refractivity contribution in [2.24, 2.45) is 46.3 Å². The lowest BCUT2D eigenvalue weighted by Gasteiger charge is -2.58. The Hall–Kier alpha value is -0.790. The Labute approximate surface area is 192 Å². The average Bonchev–Trinajstić information content (AvgIpc) is 3.05. The fourth-order valence-corrected chi connectivity index (χ4v) is 8.99. The zero-order chi connectivity index (χ0) is 22.4. The van der Waals surface area contributed by atoms with E-state index in [1.807, 2.05) is 0 Å². The Balaban J connectivity index is 1.47. The van der Waals surface area contributed by atoms with E-state index >= 15 is 0 Å². The molecule has 0 radical (unpaired) electrons. The summed E-state index contributed by atoms with van der Waals surface area (Å²) in [5.74, 6) is 5.19. The Kier molecular flexibility index (Phi) is 6.68. The highest BCUT2D eigenvalue weighted by molar-refractivity contribution is 5.66. The van der Waals surface area contributed by atoms with Gasteiger partial charge >= 0.3 is 5.97 Å². The van der Waals surface area contributed by atoms with Crippen LogP contribution in [-0.4, -0.2) is 12.1 Å². The molecular formula is C29H48O2. The third-order valence-corrected chi connectivity index (χ3v) is 10.6. The Morgan fingerprint density at radius 1 is 1.06 bits per heavy atom. The minimum absolute atomic E-state index is 0.115. The van der Waals surface area contributed by atoms with Crippen molar-refractivity contribution >= 4 is 5.97 Å². The summed E-state index contributed by atoms with van der Waals surface area (Å²) in [6.45, 7) is 14.1. The van der Waals surface area contributed by atoms with Crippen LogP contribution in [0.4, 0.5) is 0 Å². The molecule has 4 rings (SSSR count). The van der Waals surface area contributed by atoms with Crippen LogP contribution in [0.3, 0.4) is 0 Å². The van der Waals surface area contributed by atoms with Crippen LogP contribution in [0.5, 0.6) is 0 Å². The molecule has 0 aliphatic heterocycles. The summed E-state index contributed by atoms with van der Waals surface area (Å²) in [7, 11) is 0. The number of rotatable bonds is 6. The molecule has 0 aromatic heterocycles. The standard InChI is InChI=1S/C29H48O2/c1-19(2)8-7-9-20(3)25-12-13-26-24-11-10-22-18-23(31-21(4)30)14-16-28(22,5)27(24)15-17-29(25,26)6/h10,19-20,23-27H,7-9,11-18H2,1-6H3/t20-,23+,24?,25?,26+,27?,28+,29-/m1/s1. The second-order valence-electron chi connectivity index (χ2n) is 12.8. The monoisotopic (exact) mass is 428 g/mol. The fraction of sp³-hybridized carbons (Fsp3) is 0.897. The van der Waals surface area contributed by atoms with E-state index in [-0.39, 0.29) is 12.1 Å². The molecule has 0 spiro atoms. The molecule has 4 aliphatic carbocycles. The van der Waals surface area contributed by atoms with Gasteiger partial charge in [-0.25, -0.2) is 0 Å². The summed E-state index contributed by atoms with van der Waals surface area (Å²) in [4.78, 5) is 11.5. The Morgan fingerprint density at radius 3 is 2.55 bits per heavy atom.